The Morgan fingerprint density at radius 2 is 2.05 bits per heavy atom. The van der Waals surface area contributed by atoms with Crippen molar-refractivity contribution in [1.82, 2.24) is 9.88 Å². The highest BCUT2D eigenvalue weighted by atomic mass is 16.5. The summed E-state index contributed by atoms with van der Waals surface area (Å²) in [5, 5.41) is 0. The van der Waals surface area contributed by atoms with E-state index >= 15 is 0 Å². The summed E-state index contributed by atoms with van der Waals surface area (Å²) >= 11 is 0. The topological polar surface area (TPSA) is 28.6 Å². The average Bonchev–Trinajstić information content (AvgIpc) is 2.97. The molecule has 2 fully saturated rings. The number of rotatable bonds is 5. The zero-order chi connectivity index (χ0) is 14.5. The van der Waals surface area contributed by atoms with Gasteiger partial charge in [0.25, 0.3) is 0 Å². The molecule has 21 heavy (non-hydrogen) atoms. The maximum absolute atomic E-state index is 6.08. The first-order chi connectivity index (χ1) is 10.3. The van der Waals surface area contributed by atoms with Gasteiger partial charge in [0.05, 0.1) is 12.7 Å². The van der Waals surface area contributed by atoms with Gasteiger partial charge in [-0.25, -0.2) is 4.98 Å². The number of nitrogens with zero attached hydrogens (tertiary/aromatic N) is 3. The van der Waals surface area contributed by atoms with Crippen molar-refractivity contribution in [3.8, 4) is 0 Å². The van der Waals surface area contributed by atoms with E-state index in [0.29, 0.717) is 6.10 Å². The van der Waals surface area contributed by atoms with Gasteiger partial charge in [-0.2, -0.15) is 0 Å². The first-order valence-electron chi connectivity index (χ1n) is 8.34. The zero-order valence-corrected chi connectivity index (χ0v) is 13.1. The van der Waals surface area contributed by atoms with Crippen molar-refractivity contribution in [3.05, 3.63) is 23.9 Å². The van der Waals surface area contributed by atoms with Gasteiger partial charge in [-0.1, -0.05) is 12.5 Å². The highest BCUT2D eigenvalue weighted by molar-refractivity contribution is 5.40. The number of pyridine rings is 1. The number of hydrogen-bond acceptors (Lipinski definition) is 4. The normalized spacial score (nSPS) is 23.7. The number of ether oxygens (including phenoxy) is 1. The molecule has 4 heteroatoms. The van der Waals surface area contributed by atoms with Crippen LogP contribution in [0.25, 0.3) is 0 Å². The predicted octanol–water partition coefficient (Wildman–Crippen LogP) is 2.47. The smallest absolute Gasteiger partial charge is 0.128 e. The quantitative estimate of drug-likeness (QED) is 0.832. The van der Waals surface area contributed by atoms with Gasteiger partial charge >= 0.3 is 0 Å². The molecule has 0 N–H and O–H groups in total. The second kappa shape index (κ2) is 7.23. The van der Waals surface area contributed by atoms with Crippen molar-refractivity contribution in [1.29, 1.82) is 0 Å². The summed E-state index contributed by atoms with van der Waals surface area (Å²) in [5.74, 6) is 1.09. The lowest BCUT2D eigenvalue weighted by Crippen LogP contribution is -2.34. The molecule has 0 unspecified atom stereocenters. The summed E-state index contributed by atoms with van der Waals surface area (Å²) in [4.78, 5) is 9.49. The molecule has 0 aliphatic carbocycles. The second-order valence-corrected chi connectivity index (χ2v) is 6.27. The van der Waals surface area contributed by atoms with E-state index in [1.54, 1.807) is 0 Å². The fourth-order valence-electron chi connectivity index (χ4n) is 3.31. The van der Waals surface area contributed by atoms with Crippen LogP contribution in [-0.2, 0) is 4.74 Å². The lowest BCUT2D eigenvalue weighted by molar-refractivity contribution is 0.0467. The molecular formula is C17H27N3O. The first kappa shape index (κ1) is 14.8. The van der Waals surface area contributed by atoms with Gasteiger partial charge in [-0.05, 0) is 51.4 Å². The summed E-state index contributed by atoms with van der Waals surface area (Å²) in [6.45, 7) is 8.58. The van der Waals surface area contributed by atoms with Gasteiger partial charge in [0.2, 0.25) is 0 Å². The van der Waals surface area contributed by atoms with Crippen molar-refractivity contribution in [2.75, 3.05) is 44.2 Å². The molecule has 0 aromatic carbocycles. The molecule has 3 rings (SSSR count). The lowest BCUT2D eigenvalue weighted by atomic mass is 10.1. The third-order valence-electron chi connectivity index (χ3n) is 4.55. The van der Waals surface area contributed by atoms with Crippen LogP contribution < -0.4 is 4.90 Å². The van der Waals surface area contributed by atoms with E-state index in [9.17, 15) is 0 Å². The van der Waals surface area contributed by atoms with Crippen molar-refractivity contribution < 1.29 is 4.74 Å². The van der Waals surface area contributed by atoms with Crippen LogP contribution in [0.15, 0.2) is 18.2 Å². The summed E-state index contributed by atoms with van der Waals surface area (Å²) in [6, 6.07) is 6.23. The molecule has 3 heterocycles. The van der Waals surface area contributed by atoms with Crippen LogP contribution in [0.3, 0.4) is 0 Å². The Balaban J connectivity index is 1.40. The number of anilines is 1. The van der Waals surface area contributed by atoms with Crippen LogP contribution in [0.5, 0.6) is 0 Å². The van der Waals surface area contributed by atoms with Crippen LogP contribution in [0, 0.1) is 6.92 Å². The fourth-order valence-corrected chi connectivity index (χ4v) is 3.31. The Morgan fingerprint density at radius 3 is 2.86 bits per heavy atom. The van der Waals surface area contributed by atoms with E-state index in [-0.39, 0.29) is 0 Å². The van der Waals surface area contributed by atoms with Gasteiger partial charge in [0.15, 0.2) is 0 Å². The van der Waals surface area contributed by atoms with Crippen LogP contribution in [0.1, 0.15) is 31.4 Å². The summed E-state index contributed by atoms with van der Waals surface area (Å²) in [6.07, 6.45) is 5.61. The zero-order valence-electron chi connectivity index (χ0n) is 13.1. The van der Waals surface area contributed by atoms with E-state index in [1.165, 1.54) is 32.4 Å². The maximum Gasteiger partial charge on any atom is 0.128 e. The van der Waals surface area contributed by atoms with Crippen molar-refractivity contribution in [2.45, 2.75) is 38.7 Å². The van der Waals surface area contributed by atoms with Crippen LogP contribution >= 0.6 is 0 Å². The minimum atomic E-state index is 0.372. The van der Waals surface area contributed by atoms with Crippen LogP contribution in [0.4, 0.5) is 5.82 Å². The monoisotopic (exact) mass is 289 g/mol. The van der Waals surface area contributed by atoms with E-state index < -0.39 is 0 Å². The largest absolute Gasteiger partial charge is 0.375 e. The number of hydrogen-bond donors (Lipinski definition) is 0. The molecule has 0 spiro atoms. The molecule has 0 saturated carbocycles. The predicted molar refractivity (Wildman–Crippen MR) is 85.8 cm³/mol. The standard InChI is InChI=1S/C17H27N3O/c1-15-6-5-7-17(18-15)20-11-8-16(14-20)21-13-12-19-9-3-2-4-10-19/h5-7,16H,2-4,8-14H2,1H3/t16-/m0/s1. The molecule has 2 aliphatic heterocycles. The van der Waals surface area contributed by atoms with Gasteiger partial charge < -0.3 is 14.5 Å². The van der Waals surface area contributed by atoms with Crippen LogP contribution in [0.2, 0.25) is 0 Å². The Bertz CT molecular complexity index is 445. The minimum Gasteiger partial charge on any atom is -0.375 e. The molecule has 1 atom stereocenters. The van der Waals surface area contributed by atoms with Crippen molar-refractivity contribution in [2.24, 2.45) is 0 Å². The minimum absolute atomic E-state index is 0.372. The summed E-state index contributed by atoms with van der Waals surface area (Å²) in [7, 11) is 0. The Morgan fingerprint density at radius 1 is 1.19 bits per heavy atom. The van der Waals surface area contributed by atoms with Gasteiger partial charge in [-0.3, -0.25) is 0 Å². The first-order valence-corrected chi connectivity index (χ1v) is 8.34. The molecular weight excluding hydrogens is 262 g/mol. The van der Waals surface area contributed by atoms with Crippen LogP contribution in [-0.4, -0.2) is 55.3 Å². The highest BCUT2D eigenvalue weighted by Gasteiger charge is 2.24. The van der Waals surface area contributed by atoms with Gasteiger partial charge in [0, 0.05) is 25.3 Å². The van der Waals surface area contributed by atoms with E-state index in [2.05, 4.69) is 26.9 Å². The third-order valence-corrected chi connectivity index (χ3v) is 4.55. The molecule has 4 nitrogen and oxygen atoms in total. The molecule has 1 aromatic rings. The molecule has 2 aliphatic rings. The van der Waals surface area contributed by atoms with E-state index in [1.807, 2.05) is 13.0 Å². The molecule has 0 bridgehead atoms. The third kappa shape index (κ3) is 4.17. The summed E-state index contributed by atoms with van der Waals surface area (Å²) in [5.41, 5.74) is 1.09. The Labute approximate surface area is 128 Å². The molecule has 0 radical (unpaired) electrons. The molecule has 1 aromatic heterocycles. The van der Waals surface area contributed by atoms with Crippen molar-refractivity contribution in [3.63, 3.8) is 0 Å². The van der Waals surface area contributed by atoms with Crippen molar-refractivity contribution >= 4 is 5.82 Å². The average molecular weight is 289 g/mol. The maximum atomic E-state index is 6.08. The Kier molecular flexibility index (Phi) is 5.09. The molecule has 2 saturated heterocycles. The van der Waals surface area contributed by atoms with E-state index in [0.717, 1.165) is 44.2 Å². The number of piperidine rings is 1. The second-order valence-electron chi connectivity index (χ2n) is 6.27. The molecule has 116 valence electrons. The fraction of sp³-hybridized carbons (Fsp3) is 0.706. The number of likely N-dealkylation sites (tertiary alicyclic amines) is 1. The van der Waals surface area contributed by atoms with Gasteiger partial charge in [0.1, 0.15) is 5.82 Å². The summed E-state index contributed by atoms with van der Waals surface area (Å²) < 4.78 is 6.08. The van der Waals surface area contributed by atoms with Gasteiger partial charge in [-0.15, -0.1) is 0 Å². The van der Waals surface area contributed by atoms with E-state index in [4.69, 9.17) is 4.74 Å². The number of aryl methyl sites for hydroxylation is 1. The Hall–Kier alpha value is -1.13. The lowest BCUT2D eigenvalue weighted by Gasteiger charge is -2.26. The number of aromatic nitrogens is 1. The molecule has 0 amide bonds. The SMILES string of the molecule is Cc1cccc(N2CC[C@H](OCCN3CCCCC3)C2)n1. The highest BCUT2D eigenvalue weighted by Crippen LogP contribution is 2.20.